The highest BCUT2D eigenvalue weighted by Gasteiger charge is 2.10. The number of H-pyrrole nitrogens is 1. The SMILES string of the molecule is C=C(C)c1nc(C2=CCCC=C2)c(C)[nH]1. The van der Waals surface area contributed by atoms with Gasteiger partial charge in [0.1, 0.15) is 5.82 Å². The number of nitrogens with one attached hydrogen (secondary N) is 1. The average molecular weight is 200 g/mol. The maximum atomic E-state index is 4.56. The molecular formula is C13H16N2. The van der Waals surface area contributed by atoms with Crippen molar-refractivity contribution in [1.82, 2.24) is 9.97 Å². The number of rotatable bonds is 2. The molecule has 1 aliphatic rings. The van der Waals surface area contributed by atoms with Gasteiger partial charge in [-0.25, -0.2) is 4.98 Å². The molecule has 2 nitrogen and oxygen atoms in total. The van der Waals surface area contributed by atoms with Gasteiger partial charge in [0, 0.05) is 5.69 Å². The summed E-state index contributed by atoms with van der Waals surface area (Å²) in [5.74, 6) is 0.891. The highest BCUT2D eigenvalue weighted by molar-refractivity contribution is 5.75. The first-order chi connectivity index (χ1) is 7.18. The maximum absolute atomic E-state index is 4.56. The van der Waals surface area contributed by atoms with Crippen molar-refractivity contribution >= 4 is 11.1 Å². The topological polar surface area (TPSA) is 28.7 Å². The summed E-state index contributed by atoms with van der Waals surface area (Å²) in [5.41, 5.74) is 4.38. The molecule has 0 amide bonds. The number of allylic oxidation sites excluding steroid dienone is 5. The van der Waals surface area contributed by atoms with Crippen LogP contribution in [-0.2, 0) is 0 Å². The zero-order valence-electron chi connectivity index (χ0n) is 9.30. The summed E-state index contributed by atoms with van der Waals surface area (Å²) in [7, 11) is 0. The third-order valence-corrected chi connectivity index (χ3v) is 2.56. The molecule has 0 spiro atoms. The minimum atomic E-state index is 0.891. The summed E-state index contributed by atoms with van der Waals surface area (Å²) < 4.78 is 0. The van der Waals surface area contributed by atoms with Crippen LogP contribution in [0.25, 0.3) is 11.1 Å². The Hall–Kier alpha value is -1.57. The van der Waals surface area contributed by atoms with Crippen molar-refractivity contribution in [3.05, 3.63) is 42.0 Å². The summed E-state index contributed by atoms with van der Waals surface area (Å²) in [5, 5.41) is 0. The monoisotopic (exact) mass is 200 g/mol. The minimum Gasteiger partial charge on any atom is -0.342 e. The Labute approximate surface area is 90.4 Å². The molecule has 15 heavy (non-hydrogen) atoms. The van der Waals surface area contributed by atoms with E-state index in [0.717, 1.165) is 35.6 Å². The lowest BCUT2D eigenvalue weighted by atomic mass is 10.0. The Morgan fingerprint density at radius 3 is 2.80 bits per heavy atom. The molecule has 2 heteroatoms. The molecule has 0 radical (unpaired) electrons. The molecule has 0 aliphatic heterocycles. The van der Waals surface area contributed by atoms with Gasteiger partial charge in [-0.1, -0.05) is 24.8 Å². The van der Waals surface area contributed by atoms with Crippen molar-refractivity contribution in [3.63, 3.8) is 0 Å². The first-order valence-electron chi connectivity index (χ1n) is 5.28. The smallest absolute Gasteiger partial charge is 0.133 e. The molecular weight excluding hydrogens is 184 g/mol. The van der Waals surface area contributed by atoms with Crippen LogP contribution in [0.1, 0.15) is 37.0 Å². The van der Waals surface area contributed by atoms with Gasteiger partial charge in [-0.3, -0.25) is 0 Å². The van der Waals surface area contributed by atoms with Gasteiger partial charge < -0.3 is 4.98 Å². The fourth-order valence-corrected chi connectivity index (χ4v) is 1.73. The van der Waals surface area contributed by atoms with Crippen LogP contribution in [0.3, 0.4) is 0 Å². The summed E-state index contributed by atoms with van der Waals surface area (Å²) in [6.07, 6.45) is 8.84. The maximum Gasteiger partial charge on any atom is 0.133 e. The van der Waals surface area contributed by atoms with Crippen LogP contribution in [0.5, 0.6) is 0 Å². The van der Waals surface area contributed by atoms with Crippen molar-refractivity contribution < 1.29 is 0 Å². The lowest BCUT2D eigenvalue weighted by Crippen LogP contribution is -1.88. The fourth-order valence-electron chi connectivity index (χ4n) is 1.73. The van der Waals surface area contributed by atoms with Crippen molar-refractivity contribution in [3.8, 4) is 0 Å². The van der Waals surface area contributed by atoms with E-state index in [1.807, 2.05) is 6.92 Å². The second-order valence-electron chi connectivity index (χ2n) is 3.98. The largest absolute Gasteiger partial charge is 0.342 e. The second kappa shape index (κ2) is 3.89. The van der Waals surface area contributed by atoms with Crippen LogP contribution < -0.4 is 0 Å². The van der Waals surface area contributed by atoms with E-state index in [0.29, 0.717) is 0 Å². The average Bonchev–Trinajstić information content (AvgIpc) is 2.62. The van der Waals surface area contributed by atoms with E-state index in [1.165, 1.54) is 5.57 Å². The van der Waals surface area contributed by atoms with Crippen LogP contribution in [0.2, 0.25) is 0 Å². The molecule has 1 aliphatic carbocycles. The lowest BCUT2D eigenvalue weighted by Gasteiger charge is -2.04. The van der Waals surface area contributed by atoms with Crippen molar-refractivity contribution in [2.24, 2.45) is 0 Å². The number of hydrogen-bond acceptors (Lipinski definition) is 1. The van der Waals surface area contributed by atoms with Gasteiger partial charge in [-0.2, -0.15) is 0 Å². The van der Waals surface area contributed by atoms with E-state index >= 15 is 0 Å². The highest BCUT2D eigenvalue weighted by Crippen LogP contribution is 2.23. The minimum absolute atomic E-state index is 0.891. The zero-order valence-corrected chi connectivity index (χ0v) is 9.30. The van der Waals surface area contributed by atoms with Gasteiger partial charge in [0.2, 0.25) is 0 Å². The van der Waals surface area contributed by atoms with E-state index < -0.39 is 0 Å². The second-order valence-corrected chi connectivity index (χ2v) is 3.98. The van der Waals surface area contributed by atoms with Crippen molar-refractivity contribution in [2.75, 3.05) is 0 Å². The lowest BCUT2D eigenvalue weighted by molar-refractivity contribution is 1.04. The number of nitrogens with zero attached hydrogens (tertiary/aromatic N) is 1. The molecule has 78 valence electrons. The molecule has 1 heterocycles. The van der Waals surface area contributed by atoms with Crippen molar-refractivity contribution in [2.45, 2.75) is 26.7 Å². The molecule has 0 saturated carbocycles. The van der Waals surface area contributed by atoms with Crippen LogP contribution >= 0.6 is 0 Å². The molecule has 0 bridgehead atoms. The Bertz CT molecular complexity index is 447. The van der Waals surface area contributed by atoms with Crippen LogP contribution in [0.4, 0.5) is 0 Å². The molecule has 0 aromatic carbocycles. The summed E-state index contributed by atoms with van der Waals surface area (Å²) >= 11 is 0. The van der Waals surface area contributed by atoms with E-state index in [-0.39, 0.29) is 0 Å². The van der Waals surface area contributed by atoms with Crippen LogP contribution in [-0.4, -0.2) is 9.97 Å². The number of imidazole rings is 1. The highest BCUT2D eigenvalue weighted by atomic mass is 14.9. The van der Waals surface area contributed by atoms with Gasteiger partial charge in [0.25, 0.3) is 0 Å². The third kappa shape index (κ3) is 1.94. The molecule has 0 fully saturated rings. The molecule has 1 N–H and O–H groups in total. The third-order valence-electron chi connectivity index (χ3n) is 2.56. The van der Waals surface area contributed by atoms with E-state index in [1.54, 1.807) is 0 Å². The van der Waals surface area contributed by atoms with E-state index in [2.05, 4.69) is 41.7 Å². The Morgan fingerprint density at radius 2 is 2.27 bits per heavy atom. The Morgan fingerprint density at radius 1 is 1.47 bits per heavy atom. The quantitative estimate of drug-likeness (QED) is 0.777. The van der Waals surface area contributed by atoms with Gasteiger partial charge >= 0.3 is 0 Å². The van der Waals surface area contributed by atoms with Gasteiger partial charge in [0.05, 0.1) is 5.69 Å². The number of hydrogen-bond donors (Lipinski definition) is 1. The van der Waals surface area contributed by atoms with Gasteiger partial charge in [-0.05, 0) is 37.8 Å². The number of aryl methyl sites for hydroxylation is 1. The fraction of sp³-hybridized carbons (Fsp3) is 0.308. The molecule has 0 unspecified atom stereocenters. The predicted molar refractivity (Wildman–Crippen MR) is 64.4 cm³/mol. The Kier molecular flexibility index (Phi) is 2.58. The van der Waals surface area contributed by atoms with Crippen LogP contribution in [0, 0.1) is 6.92 Å². The van der Waals surface area contributed by atoms with Gasteiger partial charge in [-0.15, -0.1) is 0 Å². The predicted octanol–water partition coefficient (Wildman–Crippen LogP) is 3.48. The first kappa shape index (κ1) is 9.97. The zero-order chi connectivity index (χ0) is 10.8. The summed E-state index contributed by atoms with van der Waals surface area (Å²) in [6, 6.07) is 0. The Balaban J connectivity index is 2.40. The first-order valence-corrected chi connectivity index (χ1v) is 5.28. The number of aromatic amines is 1. The summed E-state index contributed by atoms with van der Waals surface area (Å²) in [6.45, 7) is 7.91. The van der Waals surface area contributed by atoms with E-state index in [4.69, 9.17) is 0 Å². The molecule has 0 atom stereocenters. The van der Waals surface area contributed by atoms with E-state index in [9.17, 15) is 0 Å². The van der Waals surface area contributed by atoms with Gasteiger partial charge in [0.15, 0.2) is 0 Å². The summed E-state index contributed by atoms with van der Waals surface area (Å²) in [4.78, 5) is 7.81. The molecule has 2 rings (SSSR count). The van der Waals surface area contributed by atoms with Crippen molar-refractivity contribution in [1.29, 1.82) is 0 Å². The molecule has 1 aromatic heterocycles. The van der Waals surface area contributed by atoms with Crippen LogP contribution in [0.15, 0.2) is 24.8 Å². The normalized spacial score (nSPS) is 15.2. The standard InChI is InChI=1S/C13H16N2/c1-9(2)13-14-10(3)12(15-13)11-7-5-4-6-8-11/h5,7-8H,1,4,6H2,2-3H3,(H,14,15). The number of aromatic nitrogens is 2. The molecule has 0 saturated heterocycles. The molecule has 1 aromatic rings.